The Balaban J connectivity index is 2.90. The van der Waals surface area contributed by atoms with Gasteiger partial charge in [-0.15, -0.1) is 0 Å². The van der Waals surface area contributed by atoms with Gasteiger partial charge < -0.3 is 14.8 Å². The van der Waals surface area contributed by atoms with Crippen molar-refractivity contribution in [2.45, 2.75) is 52.4 Å². The number of hydrogen-bond donors (Lipinski definition) is 1. The Labute approximate surface area is 114 Å². The fourth-order valence-electron chi connectivity index (χ4n) is 1.83. The Morgan fingerprint density at radius 2 is 1.61 bits per heavy atom. The maximum absolute atomic E-state index is 5.46. The number of nitrogens with one attached hydrogen (secondary N) is 1. The van der Waals surface area contributed by atoms with E-state index in [0.29, 0.717) is 0 Å². The summed E-state index contributed by atoms with van der Waals surface area (Å²) in [6, 6.07) is 0. The van der Waals surface area contributed by atoms with Crippen LogP contribution >= 0.6 is 0 Å². The SMILES string of the molecule is COCCCOCCNCCCCCCC(C)C. The Bertz CT molecular complexity index is 151. The first kappa shape index (κ1) is 17.9. The molecule has 0 spiro atoms. The van der Waals surface area contributed by atoms with Gasteiger partial charge in [0.2, 0.25) is 0 Å². The molecule has 0 rings (SSSR count). The molecule has 0 aliphatic heterocycles. The molecule has 3 nitrogen and oxygen atoms in total. The van der Waals surface area contributed by atoms with Crippen LogP contribution in [-0.4, -0.2) is 40.0 Å². The highest BCUT2D eigenvalue weighted by Crippen LogP contribution is 2.08. The summed E-state index contributed by atoms with van der Waals surface area (Å²) in [6.07, 6.45) is 7.79. The van der Waals surface area contributed by atoms with E-state index in [1.807, 2.05) is 0 Å². The van der Waals surface area contributed by atoms with Gasteiger partial charge in [-0.1, -0.05) is 39.5 Å². The lowest BCUT2D eigenvalue weighted by Crippen LogP contribution is -2.21. The molecule has 18 heavy (non-hydrogen) atoms. The van der Waals surface area contributed by atoms with Crippen molar-refractivity contribution in [1.82, 2.24) is 5.32 Å². The first-order chi connectivity index (χ1) is 8.77. The molecular weight excluding hydrogens is 226 g/mol. The Hall–Kier alpha value is -0.120. The van der Waals surface area contributed by atoms with Gasteiger partial charge in [0.1, 0.15) is 0 Å². The molecule has 0 heterocycles. The van der Waals surface area contributed by atoms with E-state index in [1.54, 1.807) is 7.11 Å². The standard InChI is InChI=1S/C15H33NO2/c1-15(2)9-6-4-5-7-10-16-11-14-18-13-8-12-17-3/h15-16H,4-14H2,1-3H3. The van der Waals surface area contributed by atoms with Crippen molar-refractivity contribution in [2.24, 2.45) is 5.92 Å². The van der Waals surface area contributed by atoms with E-state index in [0.717, 1.165) is 45.2 Å². The van der Waals surface area contributed by atoms with Gasteiger partial charge in [0.05, 0.1) is 6.61 Å². The maximum atomic E-state index is 5.46. The summed E-state index contributed by atoms with van der Waals surface area (Å²) < 4.78 is 10.4. The average molecular weight is 259 g/mol. The highest BCUT2D eigenvalue weighted by Gasteiger charge is 1.94. The van der Waals surface area contributed by atoms with Crippen LogP contribution in [0.1, 0.15) is 52.4 Å². The highest BCUT2D eigenvalue weighted by atomic mass is 16.5. The van der Waals surface area contributed by atoms with Crippen molar-refractivity contribution in [3.63, 3.8) is 0 Å². The molecule has 0 saturated carbocycles. The van der Waals surface area contributed by atoms with Crippen LogP contribution in [0.3, 0.4) is 0 Å². The highest BCUT2D eigenvalue weighted by molar-refractivity contribution is 4.51. The summed E-state index contributed by atoms with van der Waals surface area (Å²) in [5, 5.41) is 3.42. The molecule has 0 aromatic carbocycles. The molecule has 1 N–H and O–H groups in total. The number of ether oxygens (including phenoxy) is 2. The van der Waals surface area contributed by atoms with Gasteiger partial charge in [-0.3, -0.25) is 0 Å². The van der Waals surface area contributed by atoms with Crippen LogP contribution in [0.25, 0.3) is 0 Å². The van der Waals surface area contributed by atoms with Gasteiger partial charge in [0.25, 0.3) is 0 Å². The normalized spacial score (nSPS) is 11.3. The second kappa shape index (κ2) is 14.9. The zero-order valence-corrected chi connectivity index (χ0v) is 12.7. The third kappa shape index (κ3) is 15.9. The van der Waals surface area contributed by atoms with Gasteiger partial charge in [0, 0.05) is 26.9 Å². The van der Waals surface area contributed by atoms with Crippen LogP contribution in [0.2, 0.25) is 0 Å². The smallest absolute Gasteiger partial charge is 0.0590 e. The predicted octanol–water partition coefficient (Wildman–Crippen LogP) is 3.24. The fraction of sp³-hybridized carbons (Fsp3) is 1.00. The van der Waals surface area contributed by atoms with Gasteiger partial charge in [-0.05, 0) is 25.3 Å². The summed E-state index contributed by atoms with van der Waals surface area (Å²) in [4.78, 5) is 0. The van der Waals surface area contributed by atoms with Crippen molar-refractivity contribution < 1.29 is 9.47 Å². The summed E-state index contributed by atoms with van der Waals surface area (Å²) in [5.74, 6) is 0.860. The molecule has 3 heteroatoms. The van der Waals surface area contributed by atoms with E-state index in [9.17, 15) is 0 Å². The zero-order chi connectivity index (χ0) is 13.5. The van der Waals surface area contributed by atoms with Crippen LogP contribution in [0.15, 0.2) is 0 Å². The molecule has 110 valence electrons. The minimum Gasteiger partial charge on any atom is -0.385 e. The molecule has 0 saturated heterocycles. The molecule has 0 unspecified atom stereocenters. The number of methoxy groups -OCH3 is 1. The minimum atomic E-state index is 0.795. The molecule has 0 aromatic heterocycles. The zero-order valence-electron chi connectivity index (χ0n) is 12.7. The third-order valence-electron chi connectivity index (χ3n) is 2.95. The topological polar surface area (TPSA) is 30.5 Å². The summed E-state index contributed by atoms with van der Waals surface area (Å²) >= 11 is 0. The summed E-state index contributed by atoms with van der Waals surface area (Å²) in [6.45, 7) is 9.12. The molecule has 0 amide bonds. The van der Waals surface area contributed by atoms with Crippen molar-refractivity contribution >= 4 is 0 Å². The first-order valence-corrected chi connectivity index (χ1v) is 7.54. The van der Waals surface area contributed by atoms with Crippen LogP contribution in [0, 0.1) is 5.92 Å². The van der Waals surface area contributed by atoms with Gasteiger partial charge in [0.15, 0.2) is 0 Å². The molecular formula is C15H33NO2. The number of rotatable bonds is 14. The summed E-state index contributed by atoms with van der Waals surface area (Å²) in [7, 11) is 1.72. The van der Waals surface area contributed by atoms with Gasteiger partial charge in [-0.25, -0.2) is 0 Å². The number of unbranched alkanes of at least 4 members (excludes halogenated alkanes) is 3. The van der Waals surface area contributed by atoms with Gasteiger partial charge >= 0.3 is 0 Å². The quantitative estimate of drug-likeness (QED) is 0.486. The van der Waals surface area contributed by atoms with Crippen molar-refractivity contribution in [2.75, 3.05) is 40.0 Å². The monoisotopic (exact) mass is 259 g/mol. The molecule has 0 radical (unpaired) electrons. The lowest BCUT2D eigenvalue weighted by atomic mass is 10.0. The molecule has 0 atom stereocenters. The Morgan fingerprint density at radius 1 is 0.833 bits per heavy atom. The van der Waals surface area contributed by atoms with Gasteiger partial charge in [-0.2, -0.15) is 0 Å². The second-order valence-electron chi connectivity index (χ2n) is 5.31. The van der Waals surface area contributed by atoms with E-state index in [4.69, 9.17) is 9.47 Å². The van der Waals surface area contributed by atoms with Crippen molar-refractivity contribution in [3.8, 4) is 0 Å². The van der Waals surface area contributed by atoms with E-state index < -0.39 is 0 Å². The molecule has 0 aliphatic rings. The fourth-order valence-corrected chi connectivity index (χ4v) is 1.83. The van der Waals surface area contributed by atoms with Crippen molar-refractivity contribution in [3.05, 3.63) is 0 Å². The summed E-state index contributed by atoms with van der Waals surface area (Å²) in [5.41, 5.74) is 0. The average Bonchev–Trinajstić information content (AvgIpc) is 2.34. The van der Waals surface area contributed by atoms with Crippen LogP contribution < -0.4 is 5.32 Å². The van der Waals surface area contributed by atoms with Crippen LogP contribution in [0.5, 0.6) is 0 Å². The Morgan fingerprint density at radius 3 is 2.33 bits per heavy atom. The maximum Gasteiger partial charge on any atom is 0.0590 e. The lowest BCUT2D eigenvalue weighted by molar-refractivity contribution is 0.104. The number of hydrogen-bond acceptors (Lipinski definition) is 3. The molecule has 0 bridgehead atoms. The van der Waals surface area contributed by atoms with E-state index >= 15 is 0 Å². The van der Waals surface area contributed by atoms with Crippen LogP contribution in [-0.2, 0) is 9.47 Å². The van der Waals surface area contributed by atoms with Crippen molar-refractivity contribution in [1.29, 1.82) is 0 Å². The molecule has 0 fully saturated rings. The third-order valence-corrected chi connectivity index (χ3v) is 2.95. The molecule has 0 aromatic rings. The predicted molar refractivity (Wildman–Crippen MR) is 78.1 cm³/mol. The van der Waals surface area contributed by atoms with E-state index in [1.165, 1.54) is 32.1 Å². The minimum absolute atomic E-state index is 0.795. The first-order valence-electron chi connectivity index (χ1n) is 7.54. The van der Waals surface area contributed by atoms with E-state index in [2.05, 4.69) is 19.2 Å². The van der Waals surface area contributed by atoms with E-state index in [-0.39, 0.29) is 0 Å². The van der Waals surface area contributed by atoms with Crippen LogP contribution in [0.4, 0.5) is 0 Å². The Kier molecular flexibility index (Phi) is 14.8. The molecule has 0 aliphatic carbocycles. The largest absolute Gasteiger partial charge is 0.385 e. The second-order valence-corrected chi connectivity index (χ2v) is 5.31. The lowest BCUT2D eigenvalue weighted by Gasteiger charge is -2.07.